The molecule has 1 heterocycles. The highest BCUT2D eigenvalue weighted by atomic mass is 15.6. The van der Waals surface area contributed by atoms with Gasteiger partial charge in [0, 0.05) is 12.5 Å². The molecule has 1 aromatic heterocycles. The van der Waals surface area contributed by atoms with Gasteiger partial charge in [-0.1, -0.05) is 30.3 Å². The summed E-state index contributed by atoms with van der Waals surface area (Å²) in [7, 11) is 1.77. The molecule has 1 saturated carbocycles. The SMILES string of the molecule is Cn1nnc(CC(N)C2CC2c2ccccc2)n1. The van der Waals surface area contributed by atoms with E-state index in [1.54, 1.807) is 7.05 Å². The van der Waals surface area contributed by atoms with Gasteiger partial charge in [0.25, 0.3) is 0 Å². The summed E-state index contributed by atoms with van der Waals surface area (Å²) < 4.78 is 0. The number of nitrogens with two attached hydrogens (primary N) is 1. The van der Waals surface area contributed by atoms with E-state index in [4.69, 9.17) is 5.73 Å². The third-order valence-electron chi connectivity index (χ3n) is 3.59. The Balaban J connectivity index is 1.61. The first kappa shape index (κ1) is 11.3. The van der Waals surface area contributed by atoms with Crippen molar-refractivity contribution in [3.8, 4) is 0 Å². The number of hydrogen-bond donors (Lipinski definition) is 1. The van der Waals surface area contributed by atoms with E-state index in [9.17, 15) is 0 Å². The normalized spacial score (nSPS) is 23.9. The first-order valence-corrected chi connectivity index (χ1v) is 6.27. The van der Waals surface area contributed by atoms with Crippen molar-refractivity contribution in [1.29, 1.82) is 0 Å². The summed E-state index contributed by atoms with van der Waals surface area (Å²) in [5, 5.41) is 12.0. The summed E-state index contributed by atoms with van der Waals surface area (Å²) in [5.74, 6) is 1.90. The fourth-order valence-corrected chi connectivity index (χ4v) is 2.54. The molecule has 0 bridgehead atoms. The first-order chi connectivity index (χ1) is 8.74. The molecule has 1 fully saturated rings. The van der Waals surface area contributed by atoms with E-state index in [0.29, 0.717) is 18.3 Å². The molecule has 2 N–H and O–H groups in total. The largest absolute Gasteiger partial charge is 0.327 e. The topological polar surface area (TPSA) is 69.6 Å². The highest BCUT2D eigenvalue weighted by Gasteiger charge is 2.42. The van der Waals surface area contributed by atoms with E-state index in [2.05, 4.69) is 39.7 Å². The standard InChI is InChI=1S/C13H17N5/c1-18-16-13(15-17-18)8-12(14)11-7-10(11)9-5-3-2-4-6-9/h2-6,10-12H,7-8,14H2,1H3. The van der Waals surface area contributed by atoms with E-state index < -0.39 is 0 Å². The van der Waals surface area contributed by atoms with E-state index in [1.807, 2.05) is 6.07 Å². The van der Waals surface area contributed by atoms with Crippen LogP contribution in [0.15, 0.2) is 30.3 Å². The summed E-state index contributed by atoms with van der Waals surface area (Å²) in [6, 6.07) is 10.7. The molecule has 18 heavy (non-hydrogen) atoms. The predicted molar refractivity (Wildman–Crippen MR) is 67.8 cm³/mol. The fourth-order valence-electron chi connectivity index (χ4n) is 2.54. The number of benzene rings is 1. The third kappa shape index (κ3) is 2.26. The van der Waals surface area contributed by atoms with Gasteiger partial charge in [-0.05, 0) is 29.0 Å². The molecule has 1 aliphatic carbocycles. The number of nitrogens with zero attached hydrogens (tertiary/aromatic N) is 4. The maximum Gasteiger partial charge on any atom is 0.176 e. The number of aryl methyl sites for hydroxylation is 1. The van der Waals surface area contributed by atoms with Crippen LogP contribution >= 0.6 is 0 Å². The molecule has 0 radical (unpaired) electrons. The summed E-state index contributed by atoms with van der Waals surface area (Å²) in [4.78, 5) is 1.48. The second-order valence-electron chi connectivity index (χ2n) is 4.98. The van der Waals surface area contributed by atoms with E-state index in [0.717, 1.165) is 5.82 Å². The molecule has 3 atom stereocenters. The van der Waals surface area contributed by atoms with Crippen LogP contribution < -0.4 is 5.73 Å². The van der Waals surface area contributed by atoms with Crippen LogP contribution in [0.1, 0.15) is 23.7 Å². The Morgan fingerprint density at radius 2 is 2.17 bits per heavy atom. The van der Waals surface area contributed by atoms with Gasteiger partial charge < -0.3 is 5.73 Å². The molecule has 3 rings (SSSR count). The summed E-state index contributed by atoms with van der Waals surface area (Å²) in [6.45, 7) is 0. The van der Waals surface area contributed by atoms with E-state index >= 15 is 0 Å². The summed E-state index contributed by atoms with van der Waals surface area (Å²) >= 11 is 0. The summed E-state index contributed by atoms with van der Waals surface area (Å²) in [6.07, 6.45) is 1.88. The van der Waals surface area contributed by atoms with E-state index in [1.165, 1.54) is 16.8 Å². The molecule has 1 aliphatic rings. The number of aromatic nitrogens is 4. The highest BCUT2D eigenvalue weighted by Crippen LogP contribution is 2.49. The molecular weight excluding hydrogens is 226 g/mol. The van der Waals surface area contributed by atoms with Crippen LogP contribution in [0.25, 0.3) is 0 Å². The lowest BCUT2D eigenvalue weighted by Crippen LogP contribution is -2.26. The number of tetrazole rings is 1. The van der Waals surface area contributed by atoms with Crippen LogP contribution in [0, 0.1) is 5.92 Å². The van der Waals surface area contributed by atoms with Crippen LogP contribution in [0.4, 0.5) is 0 Å². The zero-order valence-electron chi connectivity index (χ0n) is 10.4. The summed E-state index contributed by atoms with van der Waals surface area (Å²) in [5.41, 5.74) is 7.62. The molecule has 5 nitrogen and oxygen atoms in total. The lowest BCUT2D eigenvalue weighted by atomic mass is 10.0. The molecule has 94 valence electrons. The van der Waals surface area contributed by atoms with Crippen molar-refractivity contribution in [1.82, 2.24) is 20.2 Å². The zero-order chi connectivity index (χ0) is 12.5. The van der Waals surface area contributed by atoms with Gasteiger partial charge in [0.1, 0.15) is 0 Å². The minimum Gasteiger partial charge on any atom is -0.327 e. The molecule has 0 saturated heterocycles. The molecule has 3 unspecified atom stereocenters. The maximum absolute atomic E-state index is 6.23. The fraction of sp³-hybridized carbons (Fsp3) is 0.462. The molecule has 2 aromatic rings. The lowest BCUT2D eigenvalue weighted by molar-refractivity contribution is 0.559. The molecule has 0 aliphatic heterocycles. The van der Waals surface area contributed by atoms with Gasteiger partial charge in [0.15, 0.2) is 5.82 Å². The van der Waals surface area contributed by atoms with Crippen LogP contribution in [0.3, 0.4) is 0 Å². The van der Waals surface area contributed by atoms with Gasteiger partial charge >= 0.3 is 0 Å². The Morgan fingerprint density at radius 1 is 1.39 bits per heavy atom. The minimum atomic E-state index is 0.124. The van der Waals surface area contributed by atoms with Crippen LogP contribution in [0.2, 0.25) is 0 Å². The average Bonchev–Trinajstić information content (AvgIpc) is 3.09. The Labute approximate surface area is 106 Å². The van der Waals surface area contributed by atoms with Crippen molar-refractivity contribution in [2.75, 3.05) is 0 Å². The van der Waals surface area contributed by atoms with Crippen LogP contribution in [-0.4, -0.2) is 26.2 Å². The minimum absolute atomic E-state index is 0.124. The molecule has 0 amide bonds. The third-order valence-corrected chi connectivity index (χ3v) is 3.59. The Kier molecular flexibility index (Phi) is 2.83. The van der Waals surface area contributed by atoms with Crippen molar-refractivity contribution in [3.63, 3.8) is 0 Å². The first-order valence-electron chi connectivity index (χ1n) is 6.27. The van der Waals surface area contributed by atoms with Crippen LogP contribution in [0.5, 0.6) is 0 Å². The second-order valence-corrected chi connectivity index (χ2v) is 4.98. The van der Waals surface area contributed by atoms with Gasteiger partial charge in [0.2, 0.25) is 0 Å². The average molecular weight is 243 g/mol. The number of rotatable bonds is 4. The second kappa shape index (κ2) is 4.49. The van der Waals surface area contributed by atoms with Crippen molar-refractivity contribution in [2.45, 2.75) is 24.8 Å². The molecule has 5 heteroatoms. The monoisotopic (exact) mass is 243 g/mol. The van der Waals surface area contributed by atoms with Crippen molar-refractivity contribution in [2.24, 2.45) is 18.7 Å². The van der Waals surface area contributed by atoms with Gasteiger partial charge in [-0.3, -0.25) is 0 Å². The Bertz CT molecular complexity index is 521. The predicted octanol–water partition coefficient (Wildman–Crippen LogP) is 0.884. The molecule has 0 spiro atoms. The highest BCUT2D eigenvalue weighted by molar-refractivity contribution is 5.26. The van der Waals surface area contributed by atoms with Gasteiger partial charge in [0.05, 0.1) is 7.05 Å². The Morgan fingerprint density at radius 3 is 2.83 bits per heavy atom. The van der Waals surface area contributed by atoms with Crippen molar-refractivity contribution < 1.29 is 0 Å². The van der Waals surface area contributed by atoms with Crippen molar-refractivity contribution in [3.05, 3.63) is 41.7 Å². The lowest BCUT2D eigenvalue weighted by Gasteiger charge is -2.08. The van der Waals surface area contributed by atoms with Crippen molar-refractivity contribution >= 4 is 0 Å². The van der Waals surface area contributed by atoms with Gasteiger partial charge in [-0.2, -0.15) is 4.80 Å². The quantitative estimate of drug-likeness (QED) is 0.865. The van der Waals surface area contributed by atoms with Gasteiger partial charge in [-0.25, -0.2) is 0 Å². The zero-order valence-corrected chi connectivity index (χ0v) is 10.4. The molecule has 1 aromatic carbocycles. The van der Waals surface area contributed by atoms with Crippen LogP contribution in [-0.2, 0) is 13.5 Å². The number of hydrogen-bond acceptors (Lipinski definition) is 4. The smallest absolute Gasteiger partial charge is 0.176 e. The molecular formula is C13H17N5. The maximum atomic E-state index is 6.23. The Hall–Kier alpha value is -1.75. The van der Waals surface area contributed by atoms with E-state index in [-0.39, 0.29) is 6.04 Å². The van der Waals surface area contributed by atoms with Gasteiger partial charge in [-0.15, -0.1) is 10.2 Å².